The van der Waals surface area contributed by atoms with Gasteiger partial charge in [0.15, 0.2) is 0 Å². The van der Waals surface area contributed by atoms with Crippen LogP contribution in [0.2, 0.25) is 0 Å². The second-order valence-electron chi connectivity index (χ2n) is 4.16. The number of aliphatic hydroxyl groups is 1. The van der Waals surface area contributed by atoms with E-state index in [0.717, 1.165) is 11.3 Å². The molecule has 0 aliphatic rings. The van der Waals surface area contributed by atoms with Gasteiger partial charge in [-0.05, 0) is 48.2 Å². The number of anilines is 1. The minimum atomic E-state index is -0.268. The van der Waals surface area contributed by atoms with E-state index in [2.05, 4.69) is 5.32 Å². The van der Waals surface area contributed by atoms with E-state index in [1.807, 2.05) is 30.5 Å². The van der Waals surface area contributed by atoms with E-state index < -0.39 is 0 Å². The standard InChI is InChI=1S/C15H16FNOS/c1-19-14-8-2-11(3-9-14)15(10-18)17-13-6-4-12(16)5-7-13/h2-9,15,17-18H,10H2,1H3. The molecule has 2 aromatic carbocycles. The van der Waals surface area contributed by atoms with Crippen LogP contribution in [0.15, 0.2) is 53.4 Å². The van der Waals surface area contributed by atoms with Crippen molar-refractivity contribution < 1.29 is 9.50 Å². The van der Waals surface area contributed by atoms with Gasteiger partial charge >= 0.3 is 0 Å². The molecule has 0 spiro atoms. The first-order valence-corrected chi connectivity index (χ1v) is 7.22. The number of halogens is 1. The molecular weight excluding hydrogens is 261 g/mol. The highest BCUT2D eigenvalue weighted by Gasteiger charge is 2.10. The summed E-state index contributed by atoms with van der Waals surface area (Å²) in [6.07, 6.45) is 2.02. The van der Waals surface area contributed by atoms with Crippen molar-refractivity contribution in [2.45, 2.75) is 10.9 Å². The summed E-state index contributed by atoms with van der Waals surface area (Å²) in [6, 6.07) is 13.9. The lowest BCUT2D eigenvalue weighted by Gasteiger charge is -2.18. The molecular formula is C15H16FNOS. The minimum absolute atomic E-state index is 0.0179. The largest absolute Gasteiger partial charge is 0.394 e. The van der Waals surface area contributed by atoms with Crippen LogP contribution in [0.4, 0.5) is 10.1 Å². The van der Waals surface area contributed by atoms with Crippen molar-refractivity contribution >= 4 is 17.4 Å². The average molecular weight is 277 g/mol. The summed E-state index contributed by atoms with van der Waals surface area (Å²) in [5, 5.41) is 12.7. The molecule has 0 aliphatic heterocycles. The van der Waals surface area contributed by atoms with Crippen molar-refractivity contribution in [3.63, 3.8) is 0 Å². The summed E-state index contributed by atoms with van der Waals surface area (Å²) in [5.41, 5.74) is 1.79. The zero-order valence-electron chi connectivity index (χ0n) is 10.6. The first kappa shape index (κ1) is 13.9. The van der Waals surface area contributed by atoms with Crippen LogP contribution in [0.5, 0.6) is 0 Å². The Kier molecular flexibility index (Phi) is 4.82. The maximum atomic E-state index is 12.8. The number of thioether (sulfide) groups is 1. The van der Waals surface area contributed by atoms with Gasteiger partial charge in [-0.2, -0.15) is 0 Å². The SMILES string of the molecule is CSc1ccc(C(CO)Nc2ccc(F)cc2)cc1. The Labute approximate surface area is 116 Å². The molecule has 19 heavy (non-hydrogen) atoms. The predicted octanol–water partition coefficient (Wildman–Crippen LogP) is 3.69. The van der Waals surface area contributed by atoms with Crippen LogP contribution in [0.25, 0.3) is 0 Å². The van der Waals surface area contributed by atoms with Crippen molar-refractivity contribution in [1.29, 1.82) is 0 Å². The van der Waals surface area contributed by atoms with Gasteiger partial charge in [-0.15, -0.1) is 11.8 Å². The Hall–Kier alpha value is -1.52. The van der Waals surface area contributed by atoms with Gasteiger partial charge in [0.05, 0.1) is 12.6 Å². The molecule has 0 aliphatic carbocycles. The molecule has 4 heteroatoms. The molecule has 2 rings (SSSR count). The van der Waals surface area contributed by atoms with Gasteiger partial charge in [0, 0.05) is 10.6 Å². The summed E-state index contributed by atoms with van der Waals surface area (Å²) < 4.78 is 12.8. The summed E-state index contributed by atoms with van der Waals surface area (Å²) in [7, 11) is 0. The van der Waals surface area contributed by atoms with E-state index in [-0.39, 0.29) is 18.5 Å². The number of aliphatic hydroxyl groups excluding tert-OH is 1. The van der Waals surface area contributed by atoms with E-state index >= 15 is 0 Å². The van der Waals surface area contributed by atoms with Crippen molar-refractivity contribution in [3.8, 4) is 0 Å². The van der Waals surface area contributed by atoms with E-state index in [1.54, 1.807) is 23.9 Å². The molecule has 2 nitrogen and oxygen atoms in total. The monoisotopic (exact) mass is 277 g/mol. The summed E-state index contributed by atoms with van der Waals surface area (Å²) in [5.74, 6) is -0.268. The van der Waals surface area contributed by atoms with Gasteiger partial charge in [0.2, 0.25) is 0 Å². The first-order valence-electron chi connectivity index (χ1n) is 6.00. The Morgan fingerprint density at radius 2 is 1.74 bits per heavy atom. The molecule has 0 amide bonds. The Morgan fingerprint density at radius 3 is 2.26 bits per heavy atom. The van der Waals surface area contributed by atoms with Crippen molar-refractivity contribution in [3.05, 3.63) is 59.9 Å². The smallest absolute Gasteiger partial charge is 0.123 e. The van der Waals surface area contributed by atoms with Gasteiger partial charge in [-0.25, -0.2) is 4.39 Å². The first-order chi connectivity index (χ1) is 9.22. The Morgan fingerprint density at radius 1 is 1.11 bits per heavy atom. The molecule has 0 bridgehead atoms. The van der Waals surface area contributed by atoms with E-state index in [9.17, 15) is 9.50 Å². The third-order valence-corrected chi connectivity index (χ3v) is 3.63. The van der Waals surface area contributed by atoms with Gasteiger partial charge in [0.25, 0.3) is 0 Å². The van der Waals surface area contributed by atoms with Crippen LogP contribution in [0, 0.1) is 5.82 Å². The third-order valence-electron chi connectivity index (χ3n) is 2.89. The Balaban J connectivity index is 2.12. The number of rotatable bonds is 5. The summed E-state index contributed by atoms with van der Waals surface area (Å²) >= 11 is 1.68. The lowest BCUT2D eigenvalue weighted by molar-refractivity contribution is 0.276. The maximum absolute atomic E-state index is 12.8. The molecule has 0 heterocycles. The highest BCUT2D eigenvalue weighted by molar-refractivity contribution is 7.98. The average Bonchev–Trinajstić information content (AvgIpc) is 2.47. The third kappa shape index (κ3) is 3.72. The highest BCUT2D eigenvalue weighted by atomic mass is 32.2. The molecule has 2 N–H and O–H groups in total. The molecule has 0 saturated heterocycles. The fraction of sp³-hybridized carbons (Fsp3) is 0.200. The lowest BCUT2D eigenvalue weighted by atomic mass is 10.1. The normalized spacial score (nSPS) is 12.2. The summed E-state index contributed by atoms with van der Waals surface area (Å²) in [6.45, 7) is -0.0179. The molecule has 2 aromatic rings. The number of hydrogen-bond acceptors (Lipinski definition) is 3. The zero-order chi connectivity index (χ0) is 13.7. The van der Waals surface area contributed by atoms with Gasteiger partial charge in [-0.1, -0.05) is 12.1 Å². The molecule has 0 aromatic heterocycles. The fourth-order valence-corrected chi connectivity index (χ4v) is 2.23. The topological polar surface area (TPSA) is 32.3 Å². The second-order valence-corrected chi connectivity index (χ2v) is 5.04. The molecule has 100 valence electrons. The van der Waals surface area contributed by atoms with Crippen molar-refractivity contribution in [2.24, 2.45) is 0 Å². The molecule has 0 radical (unpaired) electrons. The summed E-state index contributed by atoms with van der Waals surface area (Å²) in [4.78, 5) is 1.18. The fourth-order valence-electron chi connectivity index (χ4n) is 1.82. The van der Waals surface area contributed by atoms with Crippen LogP contribution in [0.1, 0.15) is 11.6 Å². The molecule has 0 saturated carbocycles. The molecule has 1 atom stereocenters. The zero-order valence-corrected chi connectivity index (χ0v) is 11.5. The van der Waals surface area contributed by atoms with E-state index in [1.165, 1.54) is 17.0 Å². The number of nitrogens with one attached hydrogen (secondary N) is 1. The van der Waals surface area contributed by atoms with Crippen LogP contribution in [-0.2, 0) is 0 Å². The van der Waals surface area contributed by atoms with E-state index in [0.29, 0.717) is 0 Å². The quantitative estimate of drug-likeness (QED) is 0.817. The van der Waals surface area contributed by atoms with Gasteiger partial charge in [0.1, 0.15) is 5.82 Å². The van der Waals surface area contributed by atoms with Gasteiger partial charge < -0.3 is 10.4 Å². The van der Waals surface area contributed by atoms with Gasteiger partial charge in [-0.3, -0.25) is 0 Å². The Bertz CT molecular complexity index is 513. The van der Waals surface area contributed by atoms with Crippen LogP contribution < -0.4 is 5.32 Å². The lowest BCUT2D eigenvalue weighted by Crippen LogP contribution is -2.14. The van der Waals surface area contributed by atoms with Crippen LogP contribution in [-0.4, -0.2) is 18.0 Å². The van der Waals surface area contributed by atoms with Crippen molar-refractivity contribution in [2.75, 3.05) is 18.2 Å². The molecule has 0 fully saturated rings. The minimum Gasteiger partial charge on any atom is -0.394 e. The predicted molar refractivity (Wildman–Crippen MR) is 78.1 cm³/mol. The number of benzene rings is 2. The second kappa shape index (κ2) is 6.59. The van der Waals surface area contributed by atoms with E-state index in [4.69, 9.17) is 0 Å². The maximum Gasteiger partial charge on any atom is 0.123 e. The van der Waals surface area contributed by atoms with Crippen LogP contribution in [0.3, 0.4) is 0 Å². The number of hydrogen-bond donors (Lipinski definition) is 2. The highest BCUT2D eigenvalue weighted by Crippen LogP contribution is 2.22. The molecule has 1 unspecified atom stereocenters. The van der Waals surface area contributed by atoms with Crippen LogP contribution >= 0.6 is 11.8 Å². The van der Waals surface area contributed by atoms with Crippen molar-refractivity contribution in [1.82, 2.24) is 0 Å².